The Balaban J connectivity index is 2.41. The minimum absolute atomic E-state index is 0.108. The molecule has 0 saturated carbocycles. The Morgan fingerprint density at radius 3 is 2.47 bits per heavy atom. The molecular weight excluding hydrogens is 232 g/mol. The molecule has 0 radical (unpaired) electrons. The normalized spacial score (nSPS) is 20.5. The van der Waals surface area contributed by atoms with Gasteiger partial charge < -0.3 is 10.2 Å². The van der Waals surface area contributed by atoms with Crippen LogP contribution in [0.3, 0.4) is 0 Å². The molecule has 0 aliphatic carbocycles. The van der Waals surface area contributed by atoms with Crippen LogP contribution in [0.2, 0.25) is 0 Å². The number of nitrogens with zero attached hydrogens (tertiary/aromatic N) is 1. The van der Waals surface area contributed by atoms with E-state index >= 15 is 0 Å². The highest BCUT2D eigenvalue weighted by atomic mass is 32.2. The summed E-state index contributed by atoms with van der Waals surface area (Å²) in [7, 11) is 2.19. The van der Waals surface area contributed by atoms with Crippen molar-refractivity contribution in [1.82, 2.24) is 10.2 Å². The van der Waals surface area contributed by atoms with E-state index in [0.29, 0.717) is 12.0 Å². The topological polar surface area (TPSA) is 32.3 Å². The maximum Gasteiger partial charge on any atom is 0.279 e. The SMILES string of the molecule is CSC(=O)NC(CC1CCN(C)CC1)C(C)C. The summed E-state index contributed by atoms with van der Waals surface area (Å²) in [5.74, 6) is 1.30. The first-order valence-electron chi connectivity index (χ1n) is 6.56. The first kappa shape index (κ1) is 14.8. The van der Waals surface area contributed by atoms with Gasteiger partial charge in [0, 0.05) is 6.04 Å². The third-order valence-electron chi connectivity index (χ3n) is 3.72. The summed E-state index contributed by atoms with van der Waals surface area (Å²) in [4.78, 5) is 13.9. The lowest BCUT2D eigenvalue weighted by Gasteiger charge is -2.32. The molecular formula is C13H26N2OS. The molecule has 1 unspecified atom stereocenters. The molecule has 1 fully saturated rings. The van der Waals surface area contributed by atoms with Crippen LogP contribution in [0.5, 0.6) is 0 Å². The molecule has 1 aliphatic heterocycles. The molecule has 1 saturated heterocycles. The van der Waals surface area contributed by atoms with E-state index in [4.69, 9.17) is 0 Å². The fourth-order valence-electron chi connectivity index (χ4n) is 2.36. The van der Waals surface area contributed by atoms with Crippen LogP contribution in [0, 0.1) is 11.8 Å². The summed E-state index contributed by atoms with van der Waals surface area (Å²) < 4.78 is 0. The highest BCUT2D eigenvalue weighted by Gasteiger charge is 2.23. The number of nitrogens with one attached hydrogen (secondary N) is 1. The molecule has 1 N–H and O–H groups in total. The Labute approximate surface area is 110 Å². The lowest BCUT2D eigenvalue weighted by molar-refractivity contribution is 0.191. The highest BCUT2D eigenvalue weighted by Crippen LogP contribution is 2.23. The first-order valence-corrected chi connectivity index (χ1v) is 7.78. The summed E-state index contributed by atoms with van der Waals surface area (Å²) in [6.07, 6.45) is 5.52. The number of amides is 1. The van der Waals surface area contributed by atoms with E-state index in [1.165, 1.54) is 37.7 Å². The molecule has 1 rings (SSSR count). The highest BCUT2D eigenvalue weighted by molar-refractivity contribution is 8.12. The van der Waals surface area contributed by atoms with Crippen molar-refractivity contribution in [2.45, 2.75) is 39.2 Å². The minimum atomic E-state index is 0.108. The minimum Gasteiger partial charge on any atom is -0.344 e. The Kier molecular flexibility index (Phi) is 6.34. The molecule has 1 atom stereocenters. The van der Waals surface area contributed by atoms with Crippen molar-refractivity contribution in [2.75, 3.05) is 26.4 Å². The number of piperidine rings is 1. The smallest absolute Gasteiger partial charge is 0.279 e. The zero-order chi connectivity index (χ0) is 12.8. The van der Waals surface area contributed by atoms with Crippen LogP contribution in [-0.4, -0.2) is 42.6 Å². The molecule has 0 aromatic heterocycles. The van der Waals surface area contributed by atoms with Crippen LogP contribution in [-0.2, 0) is 0 Å². The van der Waals surface area contributed by atoms with Crippen molar-refractivity contribution in [2.24, 2.45) is 11.8 Å². The van der Waals surface area contributed by atoms with E-state index in [-0.39, 0.29) is 5.24 Å². The molecule has 17 heavy (non-hydrogen) atoms. The van der Waals surface area contributed by atoms with Gasteiger partial charge in [0.25, 0.3) is 5.24 Å². The van der Waals surface area contributed by atoms with Crippen LogP contribution in [0.15, 0.2) is 0 Å². The number of likely N-dealkylation sites (tertiary alicyclic amines) is 1. The summed E-state index contributed by atoms with van der Waals surface area (Å²) in [5.41, 5.74) is 0. The number of rotatable bonds is 4. The molecule has 1 aliphatic rings. The number of carbonyl (C=O) groups excluding carboxylic acids is 1. The van der Waals surface area contributed by atoms with Crippen molar-refractivity contribution in [1.29, 1.82) is 0 Å². The number of thioether (sulfide) groups is 1. The van der Waals surface area contributed by atoms with E-state index < -0.39 is 0 Å². The molecule has 0 aromatic carbocycles. The molecule has 1 heterocycles. The number of carbonyl (C=O) groups is 1. The molecule has 0 bridgehead atoms. The first-order chi connectivity index (χ1) is 8.02. The molecule has 100 valence electrons. The quantitative estimate of drug-likeness (QED) is 0.841. The fourth-order valence-corrected chi connectivity index (χ4v) is 2.63. The van der Waals surface area contributed by atoms with Gasteiger partial charge in [-0.2, -0.15) is 0 Å². The lowest BCUT2D eigenvalue weighted by atomic mass is 9.86. The van der Waals surface area contributed by atoms with Crippen molar-refractivity contribution in [3.63, 3.8) is 0 Å². The van der Waals surface area contributed by atoms with E-state index in [1.54, 1.807) is 0 Å². The van der Waals surface area contributed by atoms with Crippen LogP contribution in [0.25, 0.3) is 0 Å². The van der Waals surface area contributed by atoms with Crippen molar-refractivity contribution in [3.8, 4) is 0 Å². The molecule has 1 amide bonds. The zero-order valence-corrected chi connectivity index (χ0v) is 12.3. The number of hydrogen-bond acceptors (Lipinski definition) is 3. The maximum atomic E-state index is 11.5. The second-order valence-corrected chi connectivity index (χ2v) is 6.25. The average molecular weight is 258 g/mol. The fraction of sp³-hybridized carbons (Fsp3) is 0.923. The maximum absolute atomic E-state index is 11.5. The van der Waals surface area contributed by atoms with Crippen LogP contribution in [0.4, 0.5) is 4.79 Å². The third-order valence-corrected chi connectivity index (χ3v) is 4.21. The van der Waals surface area contributed by atoms with Crippen LogP contribution < -0.4 is 5.32 Å². The molecule has 0 aromatic rings. The number of hydrogen-bond donors (Lipinski definition) is 1. The van der Waals surface area contributed by atoms with Crippen LogP contribution >= 0.6 is 11.8 Å². The van der Waals surface area contributed by atoms with Gasteiger partial charge in [-0.1, -0.05) is 25.6 Å². The van der Waals surface area contributed by atoms with Crippen molar-refractivity contribution < 1.29 is 4.79 Å². The van der Waals surface area contributed by atoms with E-state index in [2.05, 4.69) is 31.1 Å². The Morgan fingerprint density at radius 2 is 2.00 bits per heavy atom. The van der Waals surface area contributed by atoms with Gasteiger partial charge in [-0.25, -0.2) is 0 Å². The van der Waals surface area contributed by atoms with Crippen LogP contribution in [0.1, 0.15) is 33.1 Å². The van der Waals surface area contributed by atoms with Gasteiger partial charge in [0.15, 0.2) is 0 Å². The van der Waals surface area contributed by atoms with Gasteiger partial charge in [0.2, 0.25) is 0 Å². The second-order valence-electron chi connectivity index (χ2n) is 5.47. The third kappa shape index (κ3) is 5.30. The molecule has 3 nitrogen and oxygen atoms in total. The van der Waals surface area contributed by atoms with E-state index in [9.17, 15) is 4.79 Å². The average Bonchev–Trinajstić information content (AvgIpc) is 2.30. The zero-order valence-electron chi connectivity index (χ0n) is 11.5. The van der Waals surface area contributed by atoms with Gasteiger partial charge >= 0.3 is 0 Å². The monoisotopic (exact) mass is 258 g/mol. The molecule has 4 heteroatoms. The predicted octanol–water partition coefficient (Wildman–Crippen LogP) is 2.82. The van der Waals surface area contributed by atoms with Crippen molar-refractivity contribution >= 4 is 17.0 Å². The van der Waals surface area contributed by atoms with Crippen molar-refractivity contribution in [3.05, 3.63) is 0 Å². The second kappa shape index (κ2) is 7.27. The largest absolute Gasteiger partial charge is 0.344 e. The summed E-state index contributed by atoms with van der Waals surface area (Å²) in [5, 5.41) is 3.24. The van der Waals surface area contributed by atoms with E-state index in [1.807, 2.05) is 6.26 Å². The summed E-state index contributed by atoms with van der Waals surface area (Å²) in [6.45, 7) is 6.79. The van der Waals surface area contributed by atoms with Gasteiger partial charge in [-0.15, -0.1) is 0 Å². The van der Waals surface area contributed by atoms with Gasteiger partial charge in [-0.05, 0) is 57.5 Å². The van der Waals surface area contributed by atoms with Gasteiger partial charge in [0.1, 0.15) is 0 Å². The lowest BCUT2D eigenvalue weighted by Crippen LogP contribution is -2.40. The van der Waals surface area contributed by atoms with Gasteiger partial charge in [-0.3, -0.25) is 4.79 Å². The Morgan fingerprint density at radius 1 is 1.41 bits per heavy atom. The predicted molar refractivity (Wildman–Crippen MR) is 75.5 cm³/mol. The Hall–Kier alpha value is -0.220. The Bertz CT molecular complexity index is 238. The molecule has 0 spiro atoms. The standard InChI is InChI=1S/C13H26N2OS/c1-10(2)12(14-13(16)17-4)9-11-5-7-15(3)8-6-11/h10-12H,5-9H2,1-4H3,(H,14,16). The van der Waals surface area contributed by atoms with E-state index in [0.717, 1.165) is 12.3 Å². The summed E-state index contributed by atoms with van der Waals surface area (Å²) >= 11 is 1.27. The summed E-state index contributed by atoms with van der Waals surface area (Å²) in [6, 6.07) is 0.336. The van der Waals surface area contributed by atoms with Gasteiger partial charge in [0.05, 0.1) is 0 Å².